The maximum absolute atomic E-state index is 12.0. The lowest BCUT2D eigenvalue weighted by Gasteiger charge is -2.07. The van der Waals surface area contributed by atoms with Crippen LogP contribution in [0.15, 0.2) is 53.0 Å². The van der Waals surface area contributed by atoms with Gasteiger partial charge in [-0.1, -0.05) is 15.9 Å². The zero-order chi connectivity index (χ0) is 18.2. The highest BCUT2D eigenvalue weighted by atomic mass is 79.9. The highest BCUT2D eigenvalue weighted by Crippen LogP contribution is 2.16. The van der Waals surface area contributed by atoms with Gasteiger partial charge in [-0.25, -0.2) is 4.79 Å². The summed E-state index contributed by atoms with van der Waals surface area (Å²) in [5, 5.41) is 0. The molecule has 0 fully saturated rings. The number of rotatable bonds is 8. The molecule has 2 aromatic rings. The molecule has 0 saturated heterocycles. The van der Waals surface area contributed by atoms with Gasteiger partial charge in [0.1, 0.15) is 11.5 Å². The SMILES string of the molecule is O=C(COc1ccc(Br)cc1)OCC(=O)c1ccc(OC(F)F)cc1. The van der Waals surface area contributed by atoms with Crippen LogP contribution in [0.25, 0.3) is 0 Å². The summed E-state index contributed by atoms with van der Waals surface area (Å²) in [6, 6.07) is 11.9. The molecule has 5 nitrogen and oxygen atoms in total. The molecule has 2 rings (SSSR count). The Bertz CT molecular complexity index is 717. The normalized spacial score (nSPS) is 10.4. The Kier molecular flexibility index (Phi) is 6.88. The van der Waals surface area contributed by atoms with Crippen molar-refractivity contribution in [3.63, 3.8) is 0 Å². The first-order valence-electron chi connectivity index (χ1n) is 7.06. The van der Waals surface area contributed by atoms with E-state index in [9.17, 15) is 18.4 Å². The highest BCUT2D eigenvalue weighted by Gasteiger charge is 2.12. The predicted octanol–water partition coefficient (Wildman–Crippen LogP) is 3.86. The van der Waals surface area contributed by atoms with Crippen molar-refractivity contribution < 1.29 is 32.6 Å². The molecule has 0 aliphatic rings. The van der Waals surface area contributed by atoms with Crippen molar-refractivity contribution in [3.05, 3.63) is 58.6 Å². The van der Waals surface area contributed by atoms with Crippen molar-refractivity contribution in [1.82, 2.24) is 0 Å². The molecule has 132 valence electrons. The van der Waals surface area contributed by atoms with E-state index in [0.29, 0.717) is 5.75 Å². The monoisotopic (exact) mass is 414 g/mol. The van der Waals surface area contributed by atoms with Gasteiger partial charge in [0.25, 0.3) is 0 Å². The Balaban J connectivity index is 1.76. The average molecular weight is 415 g/mol. The molecular formula is C17H13BrF2O5. The maximum atomic E-state index is 12.0. The van der Waals surface area contributed by atoms with Crippen LogP contribution in [0.1, 0.15) is 10.4 Å². The fourth-order valence-electron chi connectivity index (χ4n) is 1.77. The number of carbonyl (C=O) groups excluding carboxylic acids is 2. The third kappa shape index (κ3) is 6.50. The number of hydrogen-bond acceptors (Lipinski definition) is 5. The van der Waals surface area contributed by atoms with Gasteiger partial charge in [0, 0.05) is 10.0 Å². The number of alkyl halides is 2. The van der Waals surface area contributed by atoms with Gasteiger partial charge < -0.3 is 14.2 Å². The maximum Gasteiger partial charge on any atom is 0.387 e. The molecule has 25 heavy (non-hydrogen) atoms. The van der Waals surface area contributed by atoms with Gasteiger partial charge in [0.15, 0.2) is 19.0 Å². The van der Waals surface area contributed by atoms with Gasteiger partial charge in [-0.05, 0) is 48.5 Å². The van der Waals surface area contributed by atoms with E-state index in [-0.39, 0.29) is 17.9 Å². The molecular weight excluding hydrogens is 402 g/mol. The summed E-state index contributed by atoms with van der Waals surface area (Å²) in [5.41, 5.74) is 0.211. The first-order chi connectivity index (χ1) is 11.9. The molecule has 0 saturated carbocycles. The van der Waals surface area contributed by atoms with E-state index >= 15 is 0 Å². The summed E-state index contributed by atoms with van der Waals surface area (Å²) in [6.07, 6.45) is 0. The zero-order valence-electron chi connectivity index (χ0n) is 12.8. The van der Waals surface area contributed by atoms with Gasteiger partial charge in [0.2, 0.25) is 0 Å². The number of halogens is 3. The third-order valence-electron chi connectivity index (χ3n) is 2.94. The third-order valence-corrected chi connectivity index (χ3v) is 3.46. The van der Waals surface area contributed by atoms with Crippen LogP contribution in [-0.2, 0) is 9.53 Å². The fraction of sp³-hybridized carbons (Fsp3) is 0.176. The molecule has 0 heterocycles. The minimum atomic E-state index is -2.94. The smallest absolute Gasteiger partial charge is 0.387 e. The number of hydrogen-bond donors (Lipinski definition) is 0. The van der Waals surface area contributed by atoms with Crippen LogP contribution in [-0.4, -0.2) is 31.6 Å². The molecule has 0 N–H and O–H groups in total. The van der Waals surface area contributed by atoms with Gasteiger partial charge in [0.05, 0.1) is 0 Å². The molecule has 0 spiro atoms. The van der Waals surface area contributed by atoms with E-state index in [1.165, 1.54) is 24.3 Å². The molecule has 0 aromatic heterocycles. The minimum absolute atomic E-state index is 0.0635. The van der Waals surface area contributed by atoms with Crippen LogP contribution in [0.4, 0.5) is 8.78 Å². The number of ketones is 1. The second-order valence-corrected chi connectivity index (χ2v) is 5.65. The molecule has 0 aliphatic heterocycles. The topological polar surface area (TPSA) is 61.8 Å². The van der Waals surface area contributed by atoms with Gasteiger partial charge >= 0.3 is 12.6 Å². The van der Waals surface area contributed by atoms with E-state index in [0.717, 1.165) is 4.47 Å². The van der Waals surface area contributed by atoms with Crippen molar-refractivity contribution in [2.45, 2.75) is 6.61 Å². The Morgan fingerprint density at radius 2 is 1.52 bits per heavy atom. The van der Waals surface area contributed by atoms with Crippen LogP contribution >= 0.6 is 15.9 Å². The van der Waals surface area contributed by atoms with Crippen LogP contribution in [0, 0.1) is 0 Å². The van der Waals surface area contributed by atoms with Crippen molar-refractivity contribution >= 4 is 27.7 Å². The van der Waals surface area contributed by atoms with Gasteiger partial charge in [-0.2, -0.15) is 8.78 Å². The molecule has 0 atom stereocenters. The van der Waals surface area contributed by atoms with Crippen molar-refractivity contribution in [3.8, 4) is 11.5 Å². The largest absolute Gasteiger partial charge is 0.482 e. The van der Waals surface area contributed by atoms with Crippen LogP contribution in [0.5, 0.6) is 11.5 Å². The molecule has 0 unspecified atom stereocenters. The summed E-state index contributed by atoms with van der Waals surface area (Å²) >= 11 is 3.27. The lowest BCUT2D eigenvalue weighted by molar-refractivity contribution is -0.144. The van der Waals surface area contributed by atoms with Crippen LogP contribution < -0.4 is 9.47 Å². The molecule has 2 aromatic carbocycles. The van der Waals surface area contributed by atoms with E-state index in [2.05, 4.69) is 20.7 Å². The van der Waals surface area contributed by atoms with Crippen LogP contribution in [0.3, 0.4) is 0 Å². The Hall–Kier alpha value is -2.48. The molecule has 8 heteroatoms. The summed E-state index contributed by atoms with van der Waals surface area (Å²) in [7, 11) is 0. The summed E-state index contributed by atoms with van der Waals surface area (Å²) in [5.74, 6) is -0.748. The number of Topliss-reactive ketones (excluding diaryl/α,β-unsaturated/α-hetero) is 1. The average Bonchev–Trinajstić information content (AvgIpc) is 2.59. The predicted molar refractivity (Wildman–Crippen MR) is 88.0 cm³/mol. The number of benzene rings is 2. The number of esters is 1. The second-order valence-electron chi connectivity index (χ2n) is 4.73. The summed E-state index contributed by atoms with van der Waals surface area (Å²) < 4.78 is 39.2. The molecule has 0 aliphatic carbocycles. The number of ether oxygens (including phenoxy) is 3. The molecule has 0 amide bonds. The minimum Gasteiger partial charge on any atom is -0.482 e. The van der Waals surface area contributed by atoms with Crippen LogP contribution in [0.2, 0.25) is 0 Å². The van der Waals surface area contributed by atoms with Gasteiger partial charge in [-0.3, -0.25) is 4.79 Å². The lowest BCUT2D eigenvalue weighted by atomic mass is 10.1. The van der Waals surface area contributed by atoms with Crippen molar-refractivity contribution in [2.24, 2.45) is 0 Å². The number of carbonyl (C=O) groups is 2. The Morgan fingerprint density at radius 3 is 2.12 bits per heavy atom. The molecule has 0 radical (unpaired) electrons. The standard InChI is InChI=1S/C17H13BrF2O5/c18-12-3-7-13(8-4-12)23-10-16(22)24-9-15(21)11-1-5-14(6-2-11)25-17(19)20/h1-8,17H,9-10H2. The quantitative estimate of drug-likeness (QED) is 0.484. The summed E-state index contributed by atoms with van der Waals surface area (Å²) in [6.45, 7) is -3.75. The Labute approximate surface area is 150 Å². The van der Waals surface area contributed by atoms with E-state index in [1.54, 1.807) is 24.3 Å². The van der Waals surface area contributed by atoms with Crippen molar-refractivity contribution in [1.29, 1.82) is 0 Å². The van der Waals surface area contributed by atoms with E-state index in [4.69, 9.17) is 9.47 Å². The van der Waals surface area contributed by atoms with Gasteiger partial charge in [-0.15, -0.1) is 0 Å². The fourth-order valence-corrected chi connectivity index (χ4v) is 2.03. The summed E-state index contributed by atoms with van der Waals surface area (Å²) in [4.78, 5) is 23.5. The zero-order valence-corrected chi connectivity index (χ0v) is 14.4. The van der Waals surface area contributed by atoms with E-state index < -0.39 is 25.0 Å². The highest BCUT2D eigenvalue weighted by molar-refractivity contribution is 9.10. The first kappa shape index (κ1) is 18.9. The van der Waals surface area contributed by atoms with Crippen molar-refractivity contribution in [2.75, 3.05) is 13.2 Å². The first-order valence-corrected chi connectivity index (χ1v) is 7.85. The second kappa shape index (κ2) is 9.12. The lowest BCUT2D eigenvalue weighted by Crippen LogP contribution is -2.19. The van der Waals surface area contributed by atoms with E-state index in [1.807, 2.05) is 0 Å². The Morgan fingerprint density at radius 1 is 0.920 bits per heavy atom. The molecule has 0 bridgehead atoms.